The number of hydrogen-bond acceptors (Lipinski definition) is 3. The van der Waals surface area contributed by atoms with Gasteiger partial charge in [-0.2, -0.15) is 0 Å². The maximum Gasteiger partial charge on any atom is 0.307 e. The highest BCUT2D eigenvalue weighted by Crippen LogP contribution is 2.10. The van der Waals surface area contributed by atoms with Crippen LogP contribution in [-0.2, 0) is 20.7 Å². The second-order valence-electron chi connectivity index (χ2n) is 4.26. The second kappa shape index (κ2) is 7.79. The smallest absolute Gasteiger partial charge is 0.307 e. The van der Waals surface area contributed by atoms with Crippen molar-refractivity contribution in [2.75, 3.05) is 7.11 Å². The predicted octanol–water partition coefficient (Wildman–Crippen LogP) is 2.34. The van der Waals surface area contributed by atoms with Crippen LogP contribution in [-0.4, -0.2) is 25.0 Å². The molecule has 1 aromatic rings. The molecular formula is C14H18ClNO3. The predicted molar refractivity (Wildman–Crippen MR) is 74.0 cm³/mol. The summed E-state index contributed by atoms with van der Waals surface area (Å²) in [5.41, 5.74) is 0.884. The molecule has 0 aliphatic rings. The maximum absolute atomic E-state index is 11.8. The van der Waals surface area contributed by atoms with Gasteiger partial charge in [0.25, 0.3) is 0 Å². The fraction of sp³-hybridized carbons (Fsp3) is 0.429. The molecule has 1 aromatic carbocycles. The Hall–Kier alpha value is -1.55. The summed E-state index contributed by atoms with van der Waals surface area (Å²) in [5, 5.41) is 3.46. The van der Waals surface area contributed by atoms with Gasteiger partial charge in [0, 0.05) is 11.1 Å². The van der Waals surface area contributed by atoms with Gasteiger partial charge in [-0.3, -0.25) is 9.59 Å². The standard InChI is InChI=1S/C14H18ClNO3/c1-3-12(9-14(18)19-2)16-13(17)8-10-4-6-11(15)7-5-10/h4-7,12H,3,8-9H2,1-2H3,(H,16,17). The van der Waals surface area contributed by atoms with Crippen LogP contribution in [0.15, 0.2) is 24.3 Å². The molecule has 0 aliphatic heterocycles. The molecule has 1 atom stereocenters. The minimum Gasteiger partial charge on any atom is -0.469 e. The van der Waals surface area contributed by atoms with E-state index in [-0.39, 0.29) is 30.8 Å². The van der Waals surface area contributed by atoms with E-state index in [0.717, 1.165) is 5.56 Å². The van der Waals surface area contributed by atoms with E-state index in [0.29, 0.717) is 11.4 Å². The number of hydrogen-bond donors (Lipinski definition) is 1. The molecule has 0 heterocycles. The highest BCUT2D eigenvalue weighted by Gasteiger charge is 2.15. The first-order valence-corrected chi connectivity index (χ1v) is 6.53. The number of carbonyl (C=O) groups excluding carboxylic acids is 2. The summed E-state index contributed by atoms with van der Waals surface area (Å²) in [6.07, 6.45) is 1.15. The van der Waals surface area contributed by atoms with Crippen molar-refractivity contribution in [2.24, 2.45) is 0 Å². The summed E-state index contributed by atoms with van der Waals surface area (Å²) in [4.78, 5) is 23.0. The van der Waals surface area contributed by atoms with Crippen LogP contribution >= 0.6 is 11.6 Å². The molecule has 1 amide bonds. The first-order valence-electron chi connectivity index (χ1n) is 6.15. The highest BCUT2D eigenvalue weighted by molar-refractivity contribution is 6.30. The molecule has 0 spiro atoms. The van der Waals surface area contributed by atoms with Crippen molar-refractivity contribution in [3.63, 3.8) is 0 Å². The molecule has 1 N–H and O–H groups in total. The van der Waals surface area contributed by atoms with Crippen LogP contribution in [0.4, 0.5) is 0 Å². The van der Waals surface area contributed by atoms with Crippen molar-refractivity contribution in [2.45, 2.75) is 32.2 Å². The third-order valence-corrected chi connectivity index (χ3v) is 3.03. The number of benzene rings is 1. The number of halogens is 1. The van der Waals surface area contributed by atoms with E-state index in [9.17, 15) is 9.59 Å². The minimum atomic E-state index is -0.321. The van der Waals surface area contributed by atoms with Crippen LogP contribution in [0, 0.1) is 0 Å². The topological polar surface area (TPSA) is 55.4 Å². The quantitative estimate of drug-likeness (QED) is 0.815. The van der Waals surface area contributed by atoms with Gasteiger partial charge >= 0.3 is 5.97 Å². The molecule has 0 radical (unpaired) electrons. The Morgan fingerprint density at radius 3 is 2.47 bits per heavy atom. The van der Waals surface area contributed by atoms with Gasteiger partial charge in [0.15, 0.2) is 0 Å². The molecule has 0 fully saturated rings. The first kappa shape index (κ1) is 15.5. The Morgan fingerprint density at radius 2 is 1.95 bits per heavy atom. The zero-order chi connectivity index (χ0) is 14.3. The normalized spacial score (nSPS) is 11.7. The van der Waals surface area contributed by atoms with Gasteiger partial charge in [0.2, 0.25) is 5.91 Å². The number of esters is 1. The van der Waals surface area contributed by atoms with Crippen molar-refractivity contribution in [1.82, 2.24) is 5.32 Å². The zero-order valence-corrected chi connectivity index (χ0v) is 11.9. The maximum atomic E-state index is 11.8. The second-order valence-corrected chi connectivity index (χ2v) is 4.69. The summed E-state index contributed by atoms with van der Waals surface area (Å²) in [7, 11) is 1.34. The Kier molecular flexibility index (Phi) is 6.36. The summed E-state index contributed by atoms with van der Waals surface area (Å²) in [6.45, 7) is 1.91. The summed E-state index contributed by atoms with van der Waals surface area (Å²) in [6, 6.07) is 6.92. The molecule has 1 rings (SSSR count). The molecule has 0 bridgehead atoms. The van der Waals surface area contributed by atoms with Crippen LogP contribution in [0.25, 0.3) is 0 Å². The van der Waals surface area contributed by atoms with Gasteiger partial charge in [-0.1, -0.05) is 30.7 Å². The van der Waals surface area contributed by atoms with Crippen molar-refractivity contribution in [3.05, 3.63) is 34.9 Å². The van der Waals surface area contributed by atoms with E-state index in [2.05, 4.69) is 10.1 Å². The molecule has 5 heteroatoms. The Morgan fingerprint density at radius 1 is 1.32 bits per heavy atom. The lowest BCUT2D eigenvalue weighted by Crippen LogP contribution is -2.37. The number of amides is 1. The van der Waals surface area contributed by atoms with Crippen molar-refractivity contribution >= 4 is 23.5 Å². The molecule has 0 saturated heterocycles. The Labute approximate surface area is 118 Å². The van der Waals surface area contributed by atoms with Gasteiger partial charge in [-0.25, -0.2) is 0 Å². The van der Waals surface area contributed by atoms with Crippen molar-refractivity contribution in [1.29, 1.82) is 0 Å². The Bertz CT molecular complexity index is 431. The van der Waals surface area contributed by atoms with Gasteiger partial charge in [0.05, 0.1) is 20.0 Å². The van der Waals surface area contributed by atoms with Crippen molar-refractivity contribution < 1.29 is 14.3 Å². The van der Waals surface area contributed by atoms with E-state index < -0.39 is 0 Å². The molecule has 0 aromatic heterocycles. The summed E-state index contributed by atoms with van der Waals surface area (Å²) < 4.78 is 4.59. The fourth-order valence-corrected chi connectivity index (χ4v) is 1.77. The highest BCUT2D eigenvalue weighted by atomic mass is 35.5. The lowest BCUT2D eigenvalue weighted by Gasteiger charge is -2.15. The number of ether oxygens (including phenoxy) is 1. The summed E-state index contributed by atoms with van der Waals surface area (Å²) >= 11 is 5.78. The van der Waals surface area contributed by atoms with Crippen LogP contribution < -0.4 is 5.32 Å². The van der Waals surface area contributed by atoms with E-state index >= 15 is 0 Å². The van der Waals surface area contributed by atoms with Crippen LogP contribution in [0.2, 0.25) is 5.02 Å². The molecule has 0 aliphatic carbocycles. The van der Waals surface area contributed by atoms with E-state index in [1.165, 1.54) is 7.11 Å². The number of carbonyl (C=O) groups is 2. The largest absolute Gasteiger partial charge is 0.469 e. The van der Waals surface area contributed by atoms with Crippen molar-refractivity contribution in [3.8, 4) is 0 Å². The van der Waals surface area contributed by atoms with E-state index in [4.69, 9.17) is 11.6 Å². The molecular weight excluding hydrogens is 266 g/mol. The molecule has 4 nitrogen and oxygen atoms in total. The van der Waals surface area contributed by atoms with E-state index in [1.54, 1.807) is 12.1 Å². The number of methoxy groups -OCH3 is 1. The third kappa shape index (κ3) is 5.75. The average molecular weight is 284 g/mol. The van der Waals surface area contributed by atoms with Gasteiger partial charge in [0.1, 0.15) is 0 Å². The lowest BCUT2D eigenvalue weighted by molar-refractivity contribution is -0.141. The molecule has 19 heavy (non-hydrogen) atoms. The Balaban J connectivity index is 2.49. The molecule has 1 unspecified atom stereocenters. The molecule has 0 saturated carbocycles. The van der Waals surface area contributed by atoms with Crippen LogP contribution in [0.3, 0.4) is 0 Å². The molecule has 104 valence electrons. The number of nitrogens with one attached hydrogen (secondary N) is 1. The minimum absolute atomic E-state index is 0.113. The van der Waals surface area contributed by atoms with Gasteiger partial charge < -0.3 is 10.1 Å². The van der Waals surface area contributed by atoms with Crippen LogP contribution in [0.5, 0.6) is 0 Å². The van der Waals surface area contributed by atoms with Gasteiger partial charge in [-0.15, -0.1) is 0 Å². The fourth-order valence-electron chi connectivity index (χ4n) is 1.65. The first-order chi connectivity index (χ1) is 9.05. The number of rotatable bonds is 6. The lowest BCUT2D eigenvalue weighted by atomic mass is 10.1. The van der Waals surface area contributed by atoms with Crippen LogP contribution in [0.1, 0.15) is 25.3 Å². The van der Waals surface area contributed by atoms with Gasteiger partial charge in [-0.05, 0) is 24.1 Å². The average Bonchev–Trinajstić information content (AvgIpc) is 2.40. The monoisotopic (exact) mass is 283 g/mol. The SMILES string of the molecule is CCC(CC(=O)OC)NC(=O)Cc1ccc(Cl)cc1. The third-order valence-electron chi connectivity index (χ3n) is 2.78. The van der Waals surface area contributed by atoms with E-state index in [1.807, 2.05) is 19.1 Å². The summed E-state index contributed by atoms with van der Waals surface area (Å²) in [5.74, 6) is -0.434. The zero-order valence-electron chi connectivity index (χ0n) is 11.1.